The molecule has 0 saturated carbocycles. The normalized spacial score (nSPS) is 25.2. The number of thiophene rings is 1. The van der Waals surface area contributed by atoms with Gasteiger partial charge < -0.3 is 10.6 Å². The molecule has 0 spiro atoms. The van der Waals surface area contributed by atoms with Crippen molar-refractivity contribution in [3.63, 3.8) is 0 Å². The van der Waals surface area contributed by atoms with Crippen molar-refractivity contribution in [2.45, 2.75) is 31.8 Å². The van der Waals surface area contributed by atoms with Crippen molar-refractivity contribution >= 4 is 38.2 Å². The number of nitrogens with one attached hydrogen (secondary N) is 2. The topological polar surface area (TPSA) is 74.3 Å². The summed E-state index contributed by atoms with van der Waals surface area (Å²) in [6.07, 6.45) is 4.01. The molecule has 154 valence electrons. The fraction of sp³-hybridized carbons (Fsp3) is 0.348. The summed E-state index contributed by atoms with van der Waals surface area (Å²) in [5.41, 5.74) is 1.04. The molecule has 2 N–H and O–H groups in total. The first-order valence-corrected chi connectivity index (χ1v) is 11.2. The molecule has 30 heavy (non-hydrogen) atoms. The fourth-order valence-electron chi connectivity index (χ4n) is 4.66. The smallest absolute Gasteiger partial charge is 0.270 e. The van der Waals surface area contributed by atoms with E-state index in [1.807, 2.05) is 30.3 Å². The maximum Gasteiger partial charge on any atom is 0.270 e. The zero-order valence-electron chi connectivity index (χ0n) is 16.8. The monoisotopic (exact) mass is 420 g/mol. The lowest BCUT2D eigenvalue weighted by Crippen LogP contribution is -2.62. The van der Waals surface area contributed by atoms with E-state index in [9.17, 15) is 9.59 Å². The molecule has 3 aliphatic rings. The molecular weight excluding hydrogens is 396 g/mol. The summed E-state index contributed by atoms with van der Waals surface area (Å²) in [7, 11) is 0. The van der Waals surface area contributed by atoms with E-state index in [0.29, 0.717) is 23.2 Å². The zero-order valence-corrected chi connectivity index (χ0v) is 17.6. The summed E-state index contributed by atoms with van der Waals surface area (Å²) in [6.45, 7) is 4.47. The highest BCUT2D eigenvalue weighted by molar-refractivity contribution is 7.23. The lowest BCUT2D eigenvalue weighted by molar-refractivity contribution is 0.0216. The van der Waals surface area contributed by atoms with E-state index in [1.165, 1.54) is 11.3 Å². The van der Waals surface area contributed by atoms with Crippen LogP contribution in [0.3, 0.4) is 0 Å². The molecule has 2 bridgehead atoms. The van der Waals surface area contributed by atoms with Gasteiger partial charge in [-0.25, -0.2) is 0 Å². The SMILES string of the molecule is C[C@H]1[C@H](NC(=O)c2cc3sc(NC(=O)c4ccccc4)cc3cn2)C2CCN1CC2. The molecule has 3 aliphatic heterocycles. The highest BCUT2D eigenvalue weighted by Gasteiger charge is 2.40. The number of anilines is 1. The second-order valence-electron chi connectivity index (χ2n) is 8.15. The predicted molar refractivity (Wildman–Crippen MR) is 119 cm³/mol. The maximum absolute atomic E-state index is 12.9. The summed E-state index contributed by atoms with van der Waals surface area (Å²) in [4.78, 5) is 32.1. The zero-order chi connectivity index (χ0) is 20.7. The van der Waals surface area contributed by atoms with E-state index in [-0.39, 0.29) is 17.9 Å². The van der Waals surface area contributed by atoms with Crippen LogP contribution in [0.15, 0.2) is 48.7 Å². The molecule has 2 aromatic heterocycles. The largest absolute Gasteiger partial charge is 0.346 e. The highest BCUT2D eigenvalue weighted by Crippen LogP contribution is 2.33. The van der Waals surface area contributed by atoms with E-state index in [4.69, 9.17) is 0 Å². The van der Waals surface area contributed by atoms with Crippen molar-refractivity contribution in [1.29, 1.82) is 0 Å². The van der Waals surface area contributed by atoms with Crippen molar-refractivity contribution in [3.8, 4) is 0 Å². The molecule has 2 atom stereocenters. The summed E-state index contributed by atoms with van der Waals surface area (Å²) < 4.78 is 0.931. The molecule has 0 unspecified atom stereocenters. The molecule has 0 aliphatic carbocycles. The summed E-state index contributed by atoms with van der Waals surface area (Å²) in [6, 6.07) is 13.4. The second-order valence-corrected chi connectivity index (χ2v) is 9.24. The third kappa shape index (κ3) is 3.59. The molecule has 3 saturated heterocycles. The Balaban J connectivity index is 1.31. The molecule has 6 rings (SSSR count). The summed E-state index contributed by atoms with van der Waals surface area (Å²) in [5.74, 6) is 0.286. The first-order valence-electron chi connectivity index (χ1n) is 10.4. The van der Waals surface area contributed by atoms with Gasteiger partial charge in [-0.1, -0.05) is 18.2 Å². The van der Waals surface area contributed by atoms with Gasteiger partial charge in [0.2, 0.25) is 0 Å². The number of hydrogen-bond donors (Lipinski definition) is 2. The number of carbonyl (C=O) groups excluding carboxylic acids is 2. The first kappa shape index (κ1) is 19.2. The highest BCUT2D eigenvalue weighted by atomic mass is 32.1. The quantitative estimate of drug-likeness (QED) is 0.674. The molecule has 7 heteroatoms. The number of aromatic nitrogens is 1. The van der Waals surface area contributed by atoms with Crippen molar-refractivity contribution in [3.05, 3.63) is 59.9 Å². The van der Waals surface area contributed by atoms with E-state index in [2.05, 4.69) is 27.4 Å². The van der Waals surface area contributed by atoms with Crippen LogP contribution in [0.2, 0.25) is 0 Å². The Bertz CT molecular complexity index is 1090. The van der Waals surface area contributed by atoms with E-state index < -0.39 is 0 Å². The van der Waals surface area contributed by atoms with Crippen LogP contribution < -0.4 is 10.6 Å². The first-order chi connectivity index (χ1) is 14.6. The minimum absolute atomic E-state index is 0.120. The van der Waals surface area contributed by atoms with Crippen LogP contribution in [0.1, 0.15) is 40.6 Å². The van der Waals surface area contributed by atoms with Crippen LogP contribution in [-0.2, 0) is 0 Å². The third-order valence-electron chi connectivity index (χ3n) is 6.38. The van der Waals surface area contributed by atoms with Gasteiger partial charge in [-0.15, -0.1) is 11.3 Å². The molecule has 3 fully saturated rings. The second kappa shape index (κ2) is 7.81. The number of benzene rings is 1. The molecule has 5 heterocycles. The number of rotatable bonds is 4. The number of pyridine rings is 1. The van der Waals surface area contributed by atoms with Gasteiger partial charge in [-0.05, 0) is 63.0 Å². The van der Waals surface area contributed by atoms with Gasteiger partial charge in [0.15, 0.2) is 0 Å². The minimum Gasteiger partial charge on any atom is -0.346 e. The van der Waals surface area contributed by atoms with Crippen molar-refractivity contribution in [2.24, 2.45) is 5.92 Å². The van der Waals surface area contributed by atoms with Crippen LogP contribution in [-0.4, -0.2) is 46.9 Å². The van der Waals surface area contributed by atoms with Crippen LogP contribution in [0.5, 0.6) is 0 Å². The van der Waals surface area contributed by atoms with Crippen LogP contribution >= 0.6 is 11.3 Å². The fourth-order valence-corrected chi connectivity index (χ4v) is 5.63. The maximum atomic E-state index is 12.9. The van der Waals surface area contributed by atoms with Gasteiger partial charge in [-0.3, -0.25) is 19.5 Å². The number of amides is 2. The Morgan fingerprint density at radius 1 is 1.10 bits per heavy atom. The van der Waals surface area contributed by atoms with E-state index in [1.54, 1.807) is 18.3 Å². The lowest BCUT2D eigenvalue weighted by atomic mass is 9.79. The van der Waals surface area contributed by atoms with E-state index in [0.717, 1.165) is 41.0 Å². The van der Waals surface area contributed by atoms with Gasteiger partial charge in [0.05, 0.1) is 5.00 Å². The van der Waals surface area contributed by atoms with Gasteiger partial charge >= 0.3 is 0 Å². The van der Waals surface area contributed by atoms with Crippen LogP contribution in [0.25, 0.3) is 10.1 Å². The van der Waals surface area contributed by atoms with E-state index >= 15 is 0 Å². The molecule has 3 aromatic rings. The Kier molecular flexibility index (Phi) is 5.00. The van der Waals surface area contributed by atoms with Crippen LogP contribution in [0, 0.1) is 5.92 Å². The third-order valence-corrected chi connectivity index (χ3v) is 7.40. The molecule has 2 amide bonds. The number of nitrogens with zero attached hydrogens (tertiary/aromatic N) is 2. The Hall–Kier alpha value is -2.77. The Morgan fingerprint density at radius 3 is 2.60 bits per heavy atom. The number of carbonyl (C=O) groups is 2. The van der Waals surface area contributed by atoms with Gasteiger partial charge in [0.25, 0.3) is 11.8 Å². The summed E-state index contributed by atoms with van der Waals surface area (Å²) in [5, 5.41) is 7.82. The van der Waals surface area contributed by atoms with Gasteiger partial charge in [-0.2, -0.15) is 0 Å². The number of fused-ring (bicyclic) bond motifs is 4. The van der Waals surface area contributed by atoms with Crippen molar-refractivity contribution in [2.75, 3.05) is 18.4 Å². The standard InChI is InChI=1S/C23H24N4O2S/c1-14-21(15-7-9-27(14)10-8-15)26-23(29)18-12-19-17(13-24-18)11-20(30-19)25-22(28)16-5-3-2-4-6-16/h2-6,11-15,21H,7-10H2,1H3,(H,25,28)(H,26,29)/t14-,21-/m0/s1. The number of piperidine rings is 3. The molecular formula is C23H24N4O2S. The predicted octanol–water partition coefficient (Wildman–Crippen LogP) is 3.76. The molecule has 0 radical (unpaired) electrons. The average molecular weight is 421 g/mol. The van der Waals surface area contributed by atoms with Gasteiger partial charge in [0.1, 0.15) is 5.69 Å². The minimum atomic E-state index is -0.149. The van der Waals surface area contributed by atoms with Crippen molar-refractivity contribution in [1.82, 2.24) is 15.2 Å². The Morgan fingerprint density at radius 2 is 1.87 bits per heavy atom. The lowest BCUT2D eigenvalue weighted by Gasteiger charge is -2.49. The molecule has 1 aromatic carbocycles. The van der Waals surface area contributed by atoms with Gasteiger partial charge in [0, 0.05) is 33.9 Å². The average Bonchev–Trinajstić information content (AvgIpc) is 3.18. The van der Waals surface area contributed by atoms with Crippen molar-refractivity contribution < 1.29 is 9.59 Å². The van der Waals surface area contributed by atoms with Crippen LogP contribution in [0.4, 0.5) is 5.00 Å². The molecule has 6 nitrogen and oxygen atoms in total. The Labute approximate surface area is 179 Å². The summed E-state index contributed by atoms with van der Waals surface area (Å²) >= 11 is 1.45. The number of hydrogen-bond acceptors (Lipinski definition) is 5.